The summed E-state index contributed by atoms with van der Waals surface area (Å²) in [6.45, 7) is 0. The molecule has 242 valence electrons. The van der Waals surface area contributed by atoms with Gasteiger partial charge in [0.05, 0.1) is 42.2 Å². The molecule has 3 aromatic rings. The smallest absolute Gasteiger partial charge is 0.423 e. The van der Waals surface area contributed by atoms with Crippen molar-refractivity contribution >= 4 is 47.0 Å². The molecule has 0 radical (unpaired) electrons. The molecule has 5 aliphatic rings. The van der Waals surface area contributed by atoms with Gasteiger partial charge in [-0.2, -0.15) is 4.90 Å². The molecule has 8 rings (SSSR count). The molecule has 5 amide bonds. The van der Waals surface area contributed by atoms with E-state index in [0.29, 0.717) is 38.1 Å². The molecule has 1 saturated carbocycles. The molecule has 0 aromatic heterocycles. The van der Waals surface area contributed by atoms with Crippen molar-refractivity contribution in [3.8, 4) is 11.5 Å². The third kappa shape index (κ3) is 4.08. The van der Waals surface area contributed by atoms with Gasteiger partial charge in [0.2, 0.25) is 23.6 Å². The predicted molar refractivity (Wildman–Crippen MR) is 172 cm³/mol. The number of aromatic hydroxyl groups is 1. The number of imide groups is 4. The monoisotopic (exact) mass is 664 g/mol. The zero-order valence-corrected chi connectivity index (χ0v) is 26.4. The van der Waals surface area contributed by atoms with Crippen LogP contribution in [-0.2, 0) is 35.8 Å². The Balaban J connectivity index is 1.36. The molecule has 11 heteroatoms. The van der Waals surface area contributed by atoms with Crippen LogP contribution in [0.4, 0.5) is 10.5 Å². The number of phenolic OH excluding ortho intramolecular Hbond substituents is 1. The number of rotatable bonds is 3. The number of halogens is 1. The van der Waals surface area contributed by atoms with Gasteiger partial charge in [0.1, 0.15) is 11.5 Å². The van der Waals surface area contributed by atoms with Crippen LogP contribution in [0, 0.1) is 29.6 Å². The van der Waals surface area contributed by atoms with Gasteiger partial charge in [0, 0.05) is 22.9 Å². The first-order chi connectivity index (χ1) is 23.2. The minimum absolute atomic E-state index is 0.0488. The predicted octanol–water partition coefficient (Wildman–Crippen LogP) is 5.33. The summed E-state index contributed by atoms with van der Waals surface area (Å²) in [5, 5.41) is 10.7. The minimum atomic E-state index is -1.47. The summed E-state index contributed by atoms with van der Waals surface area (Å²) < 4.78 is 10.9. The number of nitrogens with zero attached hydrogens (tertiary/aromatic N) is 2. The number of hydrogen-bond donors (Lipinski definition) is 1. The first-order valence-electron chi connectivity index (χ1n) is 15.7. The lowest BCUT2D eigenvalue weighted by Crippen LogP contribution is -2.55. The standard InChI is InChI=1S/C37H29ClN2O8/c1-47-36(46)40-32(42)26-12-11-25-27(30(26)34(40)44)17-28-33(43)39(23-9-5-8-22(38)16-23)35(45)37(28,21-6-3-2-4-7-21)31(25)20-14-19-15-24(41)10-13-29(19)48-18-20/h2-11,13,15-16,18,26-28,30-31,41H,12,14,17H2,1H3/t26-,27+,28-,30-,31-,37+/m0/s1. The zero-order chi connectivity index (χ0) is 33.5. The molecule has 3 heterocycles. The second-order valence-electron chi connectivity index (χ2n) is 12.9. The molecule has 6 atom stereocenters. The molecule has 3 aromatic carbocycles. The van der Waals surface area contributed by atoms with E-state index in [1.54, 1.807) is 42.7 Å². The number of likely N-dealkylation sites (tertiary alicyclic amines) is 1. The van der Waals surface area contributed by atoms with Crippen LogP contribution in [-0.4, -0.2) is 46.8 Å². The van der Waals surface area contributed by atoms with Crippen LogP contribution in [0.5, 0.6) is 11.5 Å². The van der Waals surface area contributed by atoms with E-state index < -0.39 is 64.7 Å². The van der Waals surface area contributed by atoms with Crippen molar-refractivity contribution in [1.82, 2.24) is 4.90 Å². The number of ether oxygens (including phenoxy) is 2. The summed E-state index contributed by atoms with van der Waals surface area (Å²) in [7, 11) is 1.11. The number of phenols is 1. The van der Waals surface area contributed by atoms with Crippen LogP contribution in [0.2, 0.25) is 5.02 Å². The van der Waals surface area contributed by atoms with E-state index in [-0.39, 0.29) is 25.0 Å². The average molecular weight is 665 g/mol. The SMILES string of the molecule is COC(=O)N1C(=O)[C@H]2[C@H](CC=C3[C@H](C4=COc5ccc(O)cc5C4)[C@]4(c5ccccc5)C(=O)N(c5cccc(Cl)c5)C(=O)[C@@H]4C[C@H]32)C1=O. The van der Waals surface area contributed by atoms with Gasteiger partial charge in [0.15, 0.2) is 0 Å². The Kier molecular flexibility index (Phi) is 6.85. The highest BCUT2D eigenvalue weighted by Gasteiger charge is 2.71. The summed E-state index contributed by atoms with van der Waals surface area (Å²) in [4.78, 5) is 71.8. The van der Waals surface area contributed by atoms with E-state index in [1.165, 1.54) is 11.0 Å². The Morgan fingerprint density at radius 1 is 0.958 bits per heavy atom. The maximum Gasteiger partial charge on any atom is 0.423 e. The molecule has 0 spiro atoms. The Morgan fingerprint density at radius 3 is 2.50 bits per heavy atom. The van der Waals surface area contributed by atoms with Crippen LogP contribution in [0.25, 0.3) is 0 Å². The van der Waals surface area contributed by atoms with Crippen LogP contribution < -0.4 is 9.64 Å². The number of carbonyl (C=O) groups is 5. The molecule has 10 nitrogen and oxygen atoms in total. The minimum Gasteiger partial charge on any atom is -0.508 e. The highest BCUT2D eigenvalue weighted by atomic mass is 35.5. The van der Waals surface area contributed by atoms with Crippen molar-refractivity contribution in [2.45, 2.75) is 24.7 Å². The molecule has 2 aliphatic carbocycles. The first-order valence-corrected chi connectivity index (χ1v) is 16.1. The highest BCUT2D eigenvalue weighted by molar-refractivity contribution is 6.32. The average Bonchev–Trinajstić information content (AvgIpc) is 3.48. The Morgan fingerprint density at radius 2 is 1.75 bits per heavy atom. The van der Waals surface area contributed by atoms with Gasteiger partial charge in [0.25, 0.3) is 0 Å². The topological polar surface area (TPSA) is 131 Å². The molecule has 0 bridgehead atoms. The Labute approximate surface area is 280 Å². The van der Waals surface area contributed by atoms with Crippen LogP contribution in [0.3, 0.4) is 0 Å². The van der Waals surface area contributed by atoms with Gasteiger partial charge < -0.3 is 14.6 Å². The number of carbonyl (C=O) groups excluding carboxylic acids is 5. The molecular weight excluding hydrogens is 636 g/mol. The highest BCUT2D eigenvalue weighted by Crippen LogP contribution is 2.63. The molecule has 3 aliphatic heterocycles. The Bertz CT molecular complexity index is 2010. The van der Waals surface area contributed by atoms with E-state index in [2.05, 4.69) is 0 Å². The maximum atomic E-state index is 15.3. The number of anilines is 1. The number of fused-ring (bicyclic) bond motifs is 5. The molecule has 0 unspecified atom stereocenters. The normalized spacial score (nSPS) is 28.9. The van der Waals surface area contributed by atoms with Gasteiger partial charge in [-0.25, -0.2) is 9.69 Å². The van der Waals surface area contributed by atoms with Gasteiger partial charge in [-0.05, 0) is 66.3 Å². The zero-order valence-electron chi connectivity index (χ0n) is 25.7. The molecule has 1 N–H and O–H groups in total. The van der Waals surface area contributed by atoms with Gasteiger partial charge in [-0.3, -0.25) is 19.2 Å². The van der Waals surface area contributed by atoms with E-state index in [0.717, 1.165) is 12.7 Å². The van der Waals surface area contributed by atoms with Crippen molar-refractivity contribution in [2.75, 3.05) is 12.0 Å². The maximum absolute atomic E-state index is 15.3. The fraction of sp³-hybridized carbons (Fsp3) is 0.270. The van der Waals surface area contributed by atoms with Gasteiger partial charge >= 0.3 is 6.09 Å². The fourth-order valence-corrected chi connectivity index (χ4v) is 9.02. The van der Waals surface area contributed by atoms with Crippen molar-refractivity contribution in [3.63, 3.8) is 0 Å². The van der Waals surface area contributed by atoms with Crippen LogP contribution in [0.1, 0.15) is 24.0 Å². The van der Waals surface area contributed by atoms with Crippen LogP contribution in [0.15, 0.2) is 96.3 Å². The van der Waals surface area contributed by atoms with Gasteiger partial charge in [-0.15, -0.1) is 0 Å². The van der Waals surface area contributed by atoms with E-state index in [1.807, 2.05) is 36.4 Å². The van der Waals surface area contributed by atoms with E-state index in [4.69, 9.17) is 21.1 Å². The number of amides is 5. The van der Waals surface area contributed by atoms with E-state index >= 15 is 4.79 Å². The van der Waals surface area contributed by atoms with E-state index in [9.17, 15) is 24.3 Å². The number of benzene rings is 3. The fourth-order valence-electron chi connectivity index (χ4n) is 8.83. The van der Waals surface area contributed by atoms with Crippen molar-refractivity contribution < 1.29 is 38.6 Å². The summed E-state index contributed by atoms with van der Waals surface area (Å²) in [6, 6.07) is 20.5. The lowest BCUT2D eigenvalue weighted by Gasteiger charge is -2.51. The number of allylic oxidation sites excluding steroid dienone is 3. The Hall–Kier alpha value is -5.22. The second-order valence-corrected chi connectivity index (χ2v) is 13.3. The summed E-state index contributed by atoms with van der Waals surface area (Å²) in [5.41, 5.74) is 1.58. The lowest BCUT2D eigenvalue weighted by atomic mass is 9.48. The van der Waals surface area contributed by atoms with Crippen molar-refractivity contribution in [2.24, 2.45) is 29.6 Å². The summed E-state index contributed by atoms with van der Waals surface area (Å²) >= 11 is 6.36. The van der Waals surface area contributed by atoms with Crippen molar-refractivity contribution in [1.29, 1.82) is 0 Å². The van der Waals surface area contributed by atoms with Gasteiger partial charge in [-0.1, -0.05) is 59.6 Å². The van der Waals surface area contributed by atoms with Crippen molar-refractivity contribution in [3.05, 3.63) is 112 Å². The molecule has 2 saturated heterocycles. The third-order valence-corrected chi connectivity index (χ3v) is 10.9. The summed E-state index contributed by atoms with van der Waals surface area (Å²) in [5.74, 6) is -5.75. The van der Waals surface area contributed by atoms with Crippen LogP contribution >= 0.6 is 11.6 Å². The molecular formula is C37H29ClN2O8. The summed E-state index contributed by atoms with van der Waals surface area (Å²) in [6.07, 6.45) is 2.98. The third-order valence-electron chi connectivity index (χ3n) is 10.7. The molecule has 3 fully saturated rings. The largest absolute Gasteiger partial charge is 0.508 e. The number of methoxy groups -OCH3 is 1. The second kappa shape index (κ2) is 10.9. The first kappa shape index (κ1) is 30.1. The molecule has 48 heavy (non-hydrogen) atoms. The number of hydrogen-bond acceptors (Lipinski definition) is 8. The lowest BCUT2D eigenvalue weighted by molar-refractivity contribution is -0.138. The quantitative estimate of drug-likeness (QED) is 0.294.